The SMILES string of the molecule is C.COc1cc(OCCO[Si](C)(C)C(C)(C)C)ncc1N. The number of ether oxygens (including phenoxy) is 2. The molecule has 0 spiro atoms. The summed E-state index contributed by atoms with van der Waals surface area (Å²) in [5.74, 6) is 1.06. The third kappa shape index (κ3) is 5.55. The van der Waals surface area contributed by atoms with Crippen molar-refractivity contribution in [3.05, 3.63) is 12.3 Å². The van der Waals surface area contributed by atoms with Crippen LogP contribution in [0.3, 0.4) is 0 Å². The van der Waals surface area contributed by atoms with Crippen LogP contribution in [0.5, 0.6) is 11.6 Å². The Morgan fingerprint density at radius 3 is 2.38 bits per heavy atom. The lowest BCUT2D eigenvalue weighted by molar-refractivity contribution is 0.198. The van der Waals surface area contributed by atoms with Crippen LogP contribution in [0.4, 0.5) is 5.69 Å². The molecule has 1 rings (SSSR count). The van der Waals surface area contributed by atoms with Crippen LogP contribution >= 0.6 is 0 Å². The summed E-state index contributed by atoms with van der Waals surface area (Å²) in [5.41, 5.74) is 6.20. The van der Waals surface area contributed by atoms with Gasteiger partial charge in [0.2, 0.25) is 5.88 Å². The molecule has 1 aromatic heterocycles. The molecular formula is C15H30N2O3Si. The minimum atomic E-state index is -1.71. The van der Waals surface area contributed by atoms with Crippen molar-refractivity contribution in [1.29, 1.82) is 0 Å². The number of rotatable bonds is 6. The number of methoxy groups -OCH3 is 1. The van der Waals surface area contributed by atoms with Gasteiger partial charge in [-0.05, 0) is 18.1 Å². The molecule has 0 atom stereocenters. The van der Waals surface area contributed by atoms with E-state index in [0.29, 0.717) is 30.5 Å². The van der Waals surface area contributed by atoms with Crippen LogP contribution in [0.1, 0.15) is 28.2 Å². The van der Waals surface area contributed by atoms with Crippen molar-refractivity contribution in [3.63, 3.8) is 0 Å². The monoisotopic (exact) mass is 314 g/mol. The van der Waals surface area contributed by atoms with Gasteiger partial charge in [0.05, 0.1) is 25.6 Å². The van der Waals surface area contributed by atoms with Crippen LogP contribution in [-0.2, 0) is 4.43 Å². The highest BCUT2D eigenvalue weighted by molar-refractivity contribution is 6.74. The fourth-order valence-electron chi connectivity index (χ4n) is 1.34. The van der Waals surface area contributed by atoms with Gasteiger partial charge in [-0.15, -0.1) is 0 Å². The van der Waals surface area contributed by atoms with E-state index in [2.05, 4.69) is 38.8 Å². The number of hydrogen-bond acceptors (Lipinski definition) is 5. The van der Waals surface area contributed by atoms with Gasteiger partial charge in [-0.25, -0.2) is 4.98 Å². The summed E-state index contributed by atoms with van der Waals surface area (Å²) in [5, 5.41) is 0.204. The number of nitrogens with two attached hydrogens (primary N) is 1. The highest BCUT2D eigenvalue weighted by Gasteiger charge is 2.36. The maximum absolute atomic E-state index is 6.03. The fourth-order valence-corrected chi connectivity index (χ4v) is 2.37. The van der Waals surface area contributed by atoms with Gasteiger partial charge in [0.15, 0.2) is 8.32 Å². The Hall–Kier alpha value is -1.27. The molecule has 0 amide bonds. The summed E-state index contributed by atoms with van der Waals surface area (Å²) < 4.78 is 16.7. The van der Waals surface area contributed by atoms with E-state index in [1.807, 2.05) is 0 Å². The molecule has 0 radical (unpaired) electrons. The van der Waals surface area contributed by atoms with Crippen LogP contribution in [-0.4, -0.2) is 33.6 Å². The summed E-state index contributed by atoms with van der Waals surface area (Å²) in [6.07, 6.45) is 1.53. The number of anilines is 1. The molecule has 6 heteroatoms. The van der Waals surface area contributed by atoms with Gasteiger partial charge in [0, 0.05) is 6.07 Å². The van der Waals surface area contributed by atoms with E-state index >= 15 is 0 Å². The lowest BCUT2D eigenvalue weighted by Gasteiger charge is -2.36. The molecule has 1 heterocycles. The predicted octanol–water partition coefficient (Wildman–Crippen LogP) is 3.71. The lowest BCUT2D eigenvalue weighted by atomic mass is 10.2. The van der Waals surface area contributed by atoms with Crippen molar-refractivity contribution in [2.24, 2.45) is 0 Å². The Morgan fingerprint density at radius 2 is 1.86 bits per heavy atom. The second-order valence-corrected chi connectivity index (χ2v) is 11.0. The zero-order valence-corrected chi connectivity index (χ0v) is 14.3. The van der Waals surface area contributed by atoms with Crippen molar-refractivity contribution >= 4 is 14.0 Å². The van der Waals surface area contributed by atoms with E-state index in [1.54, 1.807) is 13.2 Å². The highest BCUT2D eigenvalue weighted by Crippen LogP contribution is 2.36. The summed E-state index contributed by atoms with van der Waals surface area (Å²) in [7, 11) is -0.149. The first-order valence-corrected chi connectivity index (χ1v) is 9.64. The first-order valence-electron chi connectivity index (χ1n) is 6.73. The Bertz CT molecular complexity index is 445. The number of nitrogen functional groups attached to an aromatic ring is 1. The van der Waals surface area contributed by atoms with Crippen LogP contribution in [0.15, 0.2) is 12.3 Å². The third-order valence-electron chi connectivity index (χ3n) is 3.69. The summed E-state index contributed by atoms with van der Waals surface area (Å²) >= 11 is 0. The smallest absolute Gasteiger partial charge is 0.217 e. The molecule has 2 N–H and O–H groups in total. The van der Waals surface area contributed by atoms with E-state index in [4.69, 9.17) is 19.6 Å². The first-order chi connectivity index (χ1) is 9.17. The Balaban J connectivity index is 0.00000400. The van der Waals surface area contributed by atoms with Gasteiger partial charge in [-0.1, -0.05) is 28.2 Å². The van der Waals surface area contributed by atoms with Crippen LogP contribution in [0.25, 0.3) is 0 Å². The molecule has 0 aliphatic rings. The standard InChI is InChI=1S/C14H26N2O3Si.CH4/c1-14(2,3)20(5,6)19-8-7-18-13-9-12(17-4)11(15)10-16-13;/h9-10H,7-8,15H2,1-6H3;1H4. The second kappa shape index (κ2) is 7.65. The Morgan fingerprint density at radius 1 is 1.24 bits per heavy atom. The van der Waals surface area contributed by atoms with Gasteiger partial charge >= 0.3 is 0 Å². The van der Waals surface area contributed by atoms with E-state index < -0.39 is 8.32 Å². The largest absolute Gasteiger partial charge is 0.494 e. The quantitative estimate of drug-likeness (QED) is 0.640. The molecule has 0 aliphatic heterocycles. The van der Waals surface area contributed by atoms with E-state index in [1.165, 1.54) is 6.20 Å². The van der Waals surface area contributed by atoms with E-state index in [0.717, 1.165) is 0 Å². The number of nitrogens with zero attached hydrogens (tertiary/aromatic N) is 1. The first kappa shape index (κ1) is 19.7. The average Bonchev–Trinajstić information content (AvgIpc) is 2.35. The predicted molar refractivity (Wildman–Crippen MR) is 90.6 cm³/mol. The summed E-state index contributed by atoms with van der Waals surface area (Å²) in [4.78, 5) is 4.10. The molecule has 1 aromatic rings. The molecule has 21 heavy (non-hydrogen) atoms. The van der Waals surface area contributed by atoms with Gasteiger partial charge in [-0.2, -0.15) is 0 Å². The van der Waals surface area contributed by atoms with Crippen molar-refractivity contribution < 1.29 is 13.9 Å². The van der Waals surface area contributed by atoms with Crippen molar-refractivity contribution in [3.8, 4) is 11.6 Å². The molecule has 0 saturated heterocycles. The average molecular weight is 315 g/mol. The van der Waals surface area contributed by atoms with E-state index in [-0.39, 0.29) is 12.5 Å². The van der Waals surface area contributed by atoms with Gasteiger partial charge < -0.3 is 19.6 Å². The maximum atomic E-state index is 6.03. The van der Waals surface area contributed by atoms with Crippen LogP contribution in [0.2, 0.25) is 18.1 Å². The molecular weight excluding hydrogens is 284 g/mol. The van der Waals surface area contributed by atoms with Gasteiger partial charge in [0.1, 0.15) is 12.4 Å². The van der Waals surface area contributed by atoms with Gasteiger partial charge in [-0.3, -0.25) is 0 Å². The zero-order valence-electron chi connectivity index (χ0n) is 13.3. The highest BCUT2D eigenvalue weighted by atomic mass is 28.4. The molecule has 0 bridgehead atoms. The third-order valence-corrected chi connectivity index (χ3v) is 8.23. The maximum Gasteiger partial charge on any atom is 0.217 e. The number of aromatic nitrogens is 1. The minimum Gasteiger partial charge on any atom is -0.494 e. The molecule has 0 aromatic carbocycles. The zero-order chi connectivity index (χ0) is 15.4. The molecule has 0 unspecified atom stereocenters. The normalized spacial score (nSPS) is 11.7. The van der Waals surface area contributed by atoms with Crippen molar-refractivity contribution in [2.45, 2.75) is 46.3 Å². The Kier molecular flexibility index (Phi) is 7.19. The Labute approximate surface area is 129 Å². The second-order valence-electron chi connectivity index (χ2n) is 6.22. The minimum absolute atomic E-state index is 0. The molecule has 0 fully saturated rings. The fraction of sp³-hybridized carbons (Fsp3) is 0.667. The molecule has 0 aliphatic carbocycles. The number of hydrogen-bond donors (Lipinski definition) is 1. The summed E-state index contributed by atoms with van der Waals surface area (Å²) in [6, 6.07) is 1.68. The van der Waals surface area contributed by atoms with Crippen molar-refractivity contribution in [2.75, 3.05) is 26.1 Å². The molecule has 5 nitrogen and oxygen atoms in total. The molecule has 0 saturated carbocycles. The number of pyridine rings is 1. The summed E-state index contributed by atoms with van der Waals surface area (Å²) in [6.45, 7) is 12.1. The van der Waals surface area contributed by atoms with Gasteiger partial charge in [0.25, 0.3) is 0 Å². The molecule has 122 valence electrons. The van der Waals surface area contributed by atoms with Crippen LogP contribution < -0.4 is 15.2 Å². The van der Waals surface area contributed by atoms with Crippen LogP contribution in [0, 0.1) is 0 Å². The van der Waals surface area contributed by atoms with Crippen molar-refractivity contribution in [1.82, 2.24) is 4.98 Å². The van der Waals surface area contributed by atoms with E-state index in [9.17, 15) is 0 Å². The topological polar surface area (TPSA) is 66.6 Å². The lowest BCUT2D eigenvalue weighted by Crippen LogP contribution is -2.41.